The van der Waals surface area contributed by atoms with Crippen molar-refractivity contribution in [3.63, 3.8) is 0 Å². The summed E-state index contributed by atoms with van der Waals surface area (Å²) in [6, 6.07) is 15.6. The number of benzene rings is 2. The van der Waals surface area contributed by atoms with E-state index >= 15 is 0 Å². The minimum atomic E-state index is -0.443. The van der Waals surface area contributed by atoms with Crippen LogP contribution < -0.4 is 20.1 Å². The van der Waals surface area contributed by atoms with Gasteiger partial charge in [-0.2, -0.15) is 0 Å². The van der Waals surface area contributed by atoms with E-state index in [1.807, 2.05) is 37.3 Å². The average molecular weight is 426 g/mol. The Bertz CT molecular complexity index is 885. The molecule has 2 aromatic carbocycles. The Kier molecular flexibility index (Phi) is 7.89. The molecule has 3 rings (SSSR count). The van der Waals surface area contributed by atoms with E-state index in [1.54, 1.807) is 18.1 Å². The molecule has 7 heteroatoms. The fourth-order valence-electron chi connectivity index (χ4n) is 4.06. The number of nitrogens with two attached hydrogens (primary N) is 1. The molecule has 0 bridgehead atoms. The van der Waals surface area contributed by atoms with Gasteiger partial charge in [-0.3, -0.25) is 14.5 Å². The summed E-state index contributed by atoms with van der Waals surface area (Å²) in [6.07, 6.45) is 2.12. The summed E-state index contributed by atoms with van der Waals surface area (Å²) in [5, 5.41) is 0. The zero-order valence-electron chi connectivity index (χ0n) is 18.3. The molecule has 1 fully saturated rings. The first-order valence-electron chi connectivity index (χ1n) is 10.7. The molecule has 1 unspecified atom stereocenters. The molecule has 2 amide bonds. The molecule has 0 saturated carbocycles. The van der Waals surface area contributed by atoms with Gasteiger partial charge in [0.05, 0.1) is 25.9 Å². The Labute approximate surface area is 183 Å². The predicted octanol–water partition coefficient (Wildman–Crippen LogP) is 3.14. The van der Waals surface area contributed by atoms with Crippen LogP contribution in [0.3, 0.4) is 0 Å². The fourth-order valence-corrected chi connectivity index (χ4v) is 4.06. The highest BCUT2D eigenvalue weighted by atomic mass is 16.5. The third kappa shape index (κ3) is 5.76. The van der Waals surface area contributed by atoms with E-state index in [1.165, 1.54) is 5.56 Å². The van der Waals surface area contributed by atoms with Crippen LogP contribution in [0.15, 0.2) is 48.5 Å². The van der Waals surface area contributed by atoms with Crippen LogP contribution in [0.5, 0.6) is 11.5 Å². The maximum Gasteiger partial charge on any atom is 0.241 e. The van der Waals surface area contributed by atoms with E-state index in [0.717, 1.165) is 25.1 Å². The van der Waals surface area contributed by atoms with Crippen molar-refractivity contribution in [2.75, 3.05) is 38.3 Å². The monoisotopic (exact) mass is 425 g/mol. The summed E-state index contributed by atoms with van der Waals surface area (Å²) < 4.78 is 11.0. The van der Waals surface area contributed by atoms with Gasteiger partial charge in [-0.1, -0.05) is 24.3 Å². The lowest BCUT2D eigenvalue weighted by Crippen LogP contribution is -2.41. The number of likely N-dealkylation sites (tertiary alicyclic amines) is 1. The van der Waals surface area contributed by atoms with E-state index in [-0.39, 0.29) is 31.5 Å². The summed E-state index contributed by atoms with van der Waals surface area (Å²) in [6.45, 7) is 3.92. The molecule has 0 radical (unpaired) electrons. The molecule has 1 heterocycles. The standard InChI is InChI=1S/C24H31N3O4/c1-3-31-19-12-10-18(11-13-19)20-8-6-15-26(20)17-24(29)27(16-14-23(25)28)21-7-4-5-9-22(21)30-2/h4-5,7,9-13,20H,3,6,8,14-17H2,1-2H3,(H2,25,28). The van der Waals surface area contributed by atoms with E-state index in [0.29, 0.717) is 18.0 Å². The third-order valence-corrected chi connectivity index (χ3v) is 5.54. The Balaban J connectivity index is 1.77. The van der Waals surface area contributed by atoms with Gasteiger partial charge in [0.2, 0.25) is 11.8 Å². The molecule has 1 aliphatic rings. The SMILES string of the molecule is CCOc1ccc(C2CCCN2CC(=O)N(CCC(N)=O)c2ccccc2OC)cc1. The van der Waals surface area contributed by atoms with Crippen LogP contribution in [0.2, 0.25) is 0 Å². The normalized spacial score (nSPS) is 16.1. The van der Waals surface area contributed by atoms with E-state index in [2.05, 4.69) is 17.0 Å². The van der Waals surface area contributed by atoms with E-state index in [4.69, 9.17) is 15.2 Å². The number of nitrogens with zero attached hydrogens (tertiary/aromatic N) is 2. The van der Waals surface area contributed by atoms with Crippen molar-refractivity contribution in [3.05, 3.63) is 54.1 Å². The molecule has 1 atom stereocenters. The van der Waals surface area contributed by atoms with Crippen LogP contribution in [-0.4, -0.2) is 50.1 Å². The lowest BCUT2D eigenvalue weighted by molar-refractivity contribution is -0.120. The van der Waals surface area contributed by atoms with Crippen LogP contribution in [0, 0.1) is 0 Å². The van der Waals surface area contributed by atoms with Gasteiger partial charge >= 0.3 is 0 Å². The van der Waals surface area contributed by atoms with Crippen molar-refractivity contribution in [2.45, 2.75) is 32.2 Å². The highest BCUT2D eigenvalue weighted by Crippen LogP contribution is 2.34. The average Bonchev–Trinajstić information content (AvgIpc) is 3.23. The molecule has 1 aliphatic heterocycles. The number of amides is 2. The predicted molar refractivity (Wildman–Crippen MR) is 120 cm³/mol. The molecule has 0 aliphatic carbocycles. The largest absolute Gasteiger partial charge is 0.495 e. The van der Waals surface area contributed by atoms with Crippen molar-refractivity contribution in [2.24, 2.45) is 5.73 Å². The molecule has 0 spiro atoms. The number of para-hydroxylation sites is 2. The second-order valence-corrected chi connectivity index (χ2v) is 7.56. The number of methoxy groups -OCH3 is 1. The first-order valence-corrected chi connectivity index (χ1v) is 10.7. The second kappa shape index (κ2) is 10.8. The van der Waals surface area contributed by atoms with Gasteiger partial charge in [0, 0.05) is 19.0 Å². The van der Waals surface area contributed by atoms with Crippen LogP contribution in [-0.2, 0) is 9.59 Å². The van der Waals surface area contributed by atoms with Crippen LogP contribution in [0.25, 0.3) is 0 Å². The molecule has 2 aromatic rings. The Hall–Kier alpha value is -3.06. The zero-order valence-corrected chi connectivity index (χ0v) is 18.3. The van der Waals surface area contributed by atoms with Gasteiger partial charge in [-0.15, -0.1) is 0 Å². The molecule has 2 N–H and O–H groups in total. The quantitative estimate of drug-likeness (QED) is 0.632. The summed E-state index contributed by atoms with van der Waals surface area (Å²) >= 11 is 0. The van der Waals surface area contributed by atoms with Gasteiger partial charge in [0.25, 0.3) is 0 Å². The highest BCUT2D eigenvalue weighted by molar-refractivity contribution is 5.96. The topological polar surface area (TPSA) is 85.1 Å². The Morgan fingerprint density at radius 3 is 2.58 bits per heavy atom. The van der Waals surface area contributed by atoms with Crippen molar-refractivity contribution in [1.29, 1.82) is 0 Å². The number of carbonyl (C=O) groups excluding carboxylic acids is 2. The van der Waals surface area contributed by atoms with Crippen LogP contribution >= 0.6 is 0 Å². The van der Waals surface area contributed by atoms with Crippen molar-refractivity contribution < 1.29 is 19.1 Å². The fraction of sp³-hybridized carbons (Fsp3) is 0.417. The number of anilines is 1. The summed E-state index contributed by atoms with van der Waals surface area (Å²) in [5.41, 5.74) is 7.18. The number of rotatable bonds is 10. The third-order valence-electron chi connectivity index (χ3n) is 5.54. The van der Waals surface area contributed by atoms with Gasteiger partial charge in [-0.25, -0.2) is 0 Å². The number of primary amides is 1. The molecule has 166 valence electrons. The first kappa shape index (κ1) is 22.6. The number of carbonyl (C=O) groups is 2. The lowest BCUT2D eigenvalue weighted by atomic mass is 10.0. The number of hydrogen-bond donors (Lipinski definition) is 1. The molecule has 1 saturated heterocycles. The highest BCUT2D eigenvalue weighted by Gasteiger charge is 2.30. The van der Waals surface area contributed by atoms with E-state index < -0.39 is 5.91 Å². The molecular formula is C24H31N3O4. The second-order valence-electron chi connectivity index (χ2n) is 7.56. The summed E-state index contributed by atoms with van der Waals surface area (Å²) in [7, 11) is 1.57. The van der Waals surface area contributed by atoms with Gasteiger partial charge < -0.3 is 20.1 Å². The molecule has 7 nitrogen and oxygen atoms in total. The van der Waals surface area contributed by atoms with Crippen LogP contribution in [0.4, 0.5) is 5.69 Å². The number of ether oxygens (including phenoxy) is 2. The van der Waals surface area contributed by atoms with Gasteiger partial charge in [0.1, 0.15) is 11.5 Å². The Morgan fingerprint density at radius 1 is 1.16 bits per heavy atom. The van der Waals surface area contributed by atoms with Crippen molar-refractivity contribution >= 4 is 17.5 Å². The maximum atomic E-state index is 13.4. The lowest BCUT2D eigenvalue weighted by Gasteiger charge is -2.29. The molecule has 31 heavy (non-hydrogen) atoms. The molecular weight excluding hydrogens is 394 g/mol. The number of hydrogen-bond acceptors (Lipinski definition) is 5. The minimum absolute atomic E-state index is 0.0800. The first-order chi connectivity index (χ1) is 15.0. The summed E-state index contributed by atoms with van der Waals surface area (Å²) in [4.78, 5) is 28.6. The molecule has 0 aromatic heterocycles. The van der Waals surface area contributed by atoms with Gasteiger partial charge in [0.15, 0.2) is 0 Å². The minimum Gasteiger partial charge on any atom is -0.495 e. The smallest absolute Gasteiger partial charge is 0.241 e. The van der Waals surface area contributed by atoms with Crippen molar-refractivity contribution in [1.82, 2.24) is 4.90 Å². The summed E-state index contributed by atoms with van der Waals surface area (Å²) in [5.74, 6) is 0.912. The Morgan fingerprint density at radius 2 is 1.90 bits per heavy atom. The van der Waals surface area contributed by atoms with Gasteiger partial charge in [-0.05, 0) is 56.1 Å². The van der Waals surface area contributed by atoms with Crippen LogP contribution in [0.1, 0.15) is 37.8 Å². The van der Waals surface area contributed by atoms with E-state index in [9.17, 15) is 9.59 Å². The zero-order chi connectivity index (χ0) is 22.2. The van der Waals surface area contributed by atoms with Crippen molar-refractivity contribution in [3.8, 4) is 11.5 Å². The maximum absolute atomic E-state index is 13.4.